The summed E-state index contributed by atoms with van der Waals surface area (Å²) in [6.45, 7) is 1.01. The Hall–Kier alpha value is -1.12. The van der Waals surface area contributed by atoms with Crippen LogP contribution in [-0.4, -0.2) is 17.6 Å². The molecule has 3 heteroatoms. The third-order valence-corrected chi connectivity index (χ3v) is 6.62. The molecule has 112 valence electrons. The lowest BCUT2D eigenvalue weighted by Crippen LogP contribution is -2.54. The van der Waals surface area contributed by atoms with Gasteiger partial charge in [0.15, 0.2) is 0 Å². The van der Waals surface area contributed by atoms with Crippen molar-refractivity contribution in [2.24, 2.45) is 33.4 Å². The van der Waals surface area contributed by atoms with Gasteiger partial charge >= 0.3 is 0 Å². The number of fused-ring (bicyclic) bond motifs is 1. The van der Waals surface area contributed by atoms with Crippen LogP contribution in [0.2, 0.25) is 0 Å². The normalized spacial score (nSPS) is 47.2. The maximum absolute atomic E-state index is 4.80. The van der Waals surface area contributed by atoms with Crippen LogP contribution in [0, 0.1) is 23.2 Å². The van der Waals surface area contributed by atoms with E-state index in [0.717, 1.165) is 43.0 Å². The molecule has 6 rings (SSSR count). The van der Waals surface area contributed by atoms with Crippen molar-refractivity contribution in [2.45, 2.75) is 57.5 Å². The molecule has 0 radical (unpaired) electrons. The number of azo groups is 1. The summed E-state index contributed by atoms with van der Waals surface area (Å²) >= 11 is 0. The smallest absolute Gasteiger partial charge is 0.149 e. The fraction of sp³-hybridized carbons (Fsp3) is 0.778. The Balaban J connectivity index is 1.48. The molecule has 0 aromatic carbocycles. The molecule has 6 aliphatic rings. The van der Waals surface area contributed by atoms with Gasteiger partial charge in [-0.05, 0) is 75.2 Å². The molecule has 0 spiro atoms. The van der Waals surface area contributed by atoms with E-state index in [1.807, 2.05) is 0 Å². The Kier molecular flexibility index (Phi) is 2.63. The second-order valence-electron chi connectivity index (χ2n) is 8.13. The molecule has 1 unspecified atom stereocenters. The van der Waals surface area contributed by atoms with Crippen LogP contribution in [0.1, 0.15) is 51.4 Å². The minimum absolute atomic E-state index is 0.333. The van der Waals surface area contributed by atoms with E-state index in [1.54, 1.807) is 0 Å². The quantitative estimate of drug-likeness (QED) is 0.652. The van der Waals surface area contributed by atoms with Crippen molar-refractivity contribution >= 4 is 0 Å². The topological polar surface area (TPSA) is 28.0 Å². The Morgan fingerprint density at radius 3 is 2.38 bits per heavy atom. The highest BCUT2D eigenvalue weighted by molar-refractivity contribution is 5.15. The molecule has 4 saturated carbocycles. The minimum atomic E-state index is 0.333. The minimum Gasteiger partial charge on any atom is -0.327 e. The molecule has 21 heavy (non-hydrogen) atoms. The van der Waals surface area contributed by atoms with Crippen LogP contribution >= 0.6 is 0 Å². The van der Waals surface area contributed by atoms with Crippen LogP contribution in [0.5, 0.6) is 0 Å². The van der Waals surface area contributed by atoms with Crippen molar-refractivity contribution in [1.82, 2.24) is 4.90 Å². The Morgan fingerprint density at radius 2 is 1.67 bits per heavy atom. The third kappa shape index (κ3) is 1.85. The van der Waals surface area contributed by atoms with E-state index < -0.39 is 0 Å². The standard InChI is InChI=1S/C18H25N3/c1-2-4-6-21-16(5-3-1)19-20-17(21)18-10-13-7-14(11-18)9-15(8-13)12-18/h2,4-5,13-15,17H,1,3,6-12H2. The van der Waals surface area contributed by atoms with E-state index in [2.05, 4.69) is 28.2 Å². The van der Waals surface area contributed by atoms with Gasteiger partial charge in [-0.15, -0.1) is 5.11 Å². The molecule has 4 fully saturated rings. The molecule has 0 aromatic rings. The van der Waals surface area contributed by atoms with Crippen LogP contribution in [-0.2, 0) is 0 Å². The predicted molar refractivity (Wildman–Crippen MR) is 82.4 cm³/mol. The summed E-state index contributed by atoms with van der Waals surface area (Å²) in [5.41, 5.74) is 0.445. The average molecular weight is 283 g/mol. The van der Waals surface area contributed by atoms with Crippen molar-refractivity contribution in [3.8, 4) is 0 Å². The molecule has 1 atom stereocenters. The van der Waals surface area contributed by atoms with Crippen molar-refractivity contribution in [1.29, 1.82) is 0 Å². The summed E-state index contributed by atoms with van der Waals surface area (Å²) in [5.74, 6) is 4.12. The van der Waals surface area contributed by atoms with Gasteiger partial charge in [0.2, 0.25) is 0 Å². The van der Waals surface area contributed by atoms with Gasteiger partial charge in [0.25, 0.3) is 0 Å². The van der Waals surface area contributed by atoms with Crippen molar-refractivity contribution in [2.75, 3.05) is 6.54 Å². The van der Waals surface area contributed by atoms with E-state index in [-0.39, 0.29) is 0 Å². The number of allylic oxidation sites excluding steroid dienone is 2. The van der Waals surface area contributed by atoms with Crippen molar-refractivity contribution in [3.63, 3.8) is 0 Å². The summed E-state index contributed by atoms with van der Waals surface area (Å²) in [5, 5.41) is 9.38. The fourth-order valence-corrected chi connectivity index (χ4v) is 6.27. The summed E-state index contributed by atoms with van der Waals surface area (Å²) in [6, 6.07) is 0. The Labute approximate surface area is 127 Å². The molecule has 0 saturated heterocycles. The lowest BCUT2D eigenvalue weighted by Gasteiger charge is -2.59. The average Bonchev–Trinajstić information content (AvgIpc) is 2.79. The number of hydrogen-bond acceptors (Lipinski definition) is 3. The lowest BCUT2D eigenvalue weighted by atomic mass is 9.48. The molecular weight excluding hydrogens is 258 g/mol. The van der Waals surface area contributed by atoms with E-state index in [0.29, 0.717) is 11.6 Å². The van der Waals surface area contributed by atoms with Gasteiger partial charge in [0.1, 0.15) is 12.0 Å². The van der Waals surface area contributed by atoms with Gasteiger partial charge in [0, 0.05) is 12.0 Å². The first-order chi connectivity index (χ1) is 10.3. The summed E-state index contributed by atoms with van der Waals surface area (Å²) in [6.07, 6.45) is 18.3. The van der Waals surface area contributed by atoms with Gasteiger partial charge in [-0.3, -0.25) is 0 Å². The first-order valence-corrected chi connectivity index (χ1v) is 8.85. The first kappa shape index (κ1) is 12.4. The number of nitrogens with zero attached hydrogens (tertiary/aromatic N) is 3. The predicted octanol–water partition coefficient (Wildman–Crippen LogP) is 4.49. The van der Waals surface area contributed by atoms with Crippen LogP contribution in [0.3, 0.4) is 0 Å². The zero-order valence-electron chi connectivity index (χ0n) is 12.7. The lowest BCUT2D eigenvalue weighted by molar-refractivity contribution is -0.0886. The monoisotopic (exact) mass is 283 g/mol. The van der Waals surface area contributed by atoms with Crippen LogP contribution < -0.4 is 0 Å². The van der Waals surface area contributed by atoms with E-state index in [4.69, 9.17) is 5.11 Å². The molecule has 2 aliphatic heterocycles. The second kappa shape index (κ2) is 4.44. The van der Waals surface area contributed by atoms with Gasteiger partial charge in [0.05, 0.1) is 0 Å². The summed E-state index contributed by atoms with van der Waals surface area (Å²) in [7, 11) is 0. The van der Waals surface area contributed by atoms with Crippen LogP contribution in [0.25, 0.3) is 0 Å². The first-order valence-electron chi connectivity index (χ1n) is 8.85. The zero-order chi connectivity index (χ0) is 13.9. The Morgan fingerprint density at radius 1 is 0.952 bits per heavy atom. The zero-order valence-corrected chi connectivity index (χ0v) is 12.7. The molecular formula is C18H25N3. The van der Waals surface area contributed by atoms with Gasteiger partial charge < -0.3 is 4.90 Å². The van der Waals surface area contributed by atoms with Gasteiger partial charge in [-0.1, -0.05) is 12.2 Å². The molecule has 0 amide bonds. The van der Waals surface area contributed by atoms with Gasteiger partial charge in [-0.25, -0.2) is 0 Å². The maximum atomic E-state index is 4.80. The highest BCUT2D eigenvalue weighted by Crippen LogP contribution is 2.63. The fourth-order valence-electron chi connectivity index (χ4n) is 6.27. The molecule has 3 nitrogen and oxygen atoms in total. The summed E-state index contributed by atoms with van der Waals surface area (Å²) < 4.78 is 0. The van der Waals surface area contributed by atoms with Crippen LogP contribution in [0.4, 0.5) is 0 Å². The molecule has 2 heterocycles. The van der Waals surface area contributed by atoms with Gasteiger partial charge in [-0.2, -0.15) is 5.11 Å². The largest absolute Gasteiger partial charge is 0.327 e. The highest BCUT2D eigenvalue weighted by Gasteiger charge is 2.56. The molecule has 0 aromatic heterocycles. The maximum Gasteiger partial charge on any atom is 0.149 e. The summed E-state index contributed by atoms with van der Waals surface area (Å²) in [4.78, 5) is 2.50. The van der Waals surface area contributed by atoms with E-state index >= 15 is 0 Å². The van der Waals surface area contributed by atoms with E-state index in [1.165, 1.54) is 38.5 Å². The van der Waals surface area contributed by atoms with Crippen LogP contribution in [0.15, 0.2) is 34.3 Å². The highest BCUT2D eigenvalue weighted by atomic mass is 15.5. The number of hydrogen-bond donors (Lipinski definition) is 0. The van der Waals surface area contributed by atoms with E-state index in [9.17, 15) is 0 Å². The SMILES string of the molecule is C1=CCN2C(=CCC1)N=NC2C12CC3CC(CC(C3)C1)C2. The van der Waals surface area contributed by atoms with Crippen molar-refractivity contribution in [3.05, 3.63) is 24.0 Å². The molecule has 4 bridgehead atoms. The van der Waals surface area contributed by atoms with Crippen molar-refractivity contribution < 1.29 is 0 Å². The molecule has 4 aliphatic carbocycles. The Bertz CT molecular complexity index is 495. The molecule has 0 N–H and O–H groups in total. The number of rotatable bonds is 1. The third-order valence-electron chi connectivity index (χ3n) is 6.62. The second-order valence-corrected chi connectivity index (χ2v) is 8.13.